The van der Waals surface area contributed by atoms with Crippen LogP contribution in [0.1, 0.15) is 18.1 Å². The van der Waals surface area contributed by atoms with E-state index in [4.69, 9.17) is 14.7 Å². The van der Waals surface area contributed by atoms with Crippen LogP contribution in [0.2, 0.25) is 0 Å². The Balaban J connectivity index is 2.36. The molecule has 1 aromatic rings. The highest BCUT2D eigenvalue weighted by Crippen LogP contribution is 2.40. The highest BCUT2D eigenvalue weighted by atomic mass is 79.9. The van der Waals surface area contributed by atoms with Gasteiger partial charge in [-0.25, -0.2) is 0 Å². The van der Waals surface area contributed by atoms with Crippen LogP contribution < -0.4 is 9.47 Å². The monoisotopic (exact) mass is 283 g/mol. The van der Waals surface area contributed by atoms with Crippen LogP contribution in [0.25, 0.3) is 0 Å². The van der Waals surface area contributed by atoms with Crippen LogP contribution in [-0.2, 0) is 0 Å². The Morgan fingerprint density at radius 2 is 2.19 bits per heavy atom. The van der Waals surface area contributed by atoms with Crippen molar-refractivity contribution in [1.29, 1.82) is 5.26 Å². The fourth-order valence-corrected chi connectivity index (χ4v) is 2.10. The Morgan fingerprint density at radius 3 is 2.94 bits per heavy atom. The van der Waals surface area contributed by atoms with Crippen LogP contribution in [0.4, 0.5) is 0 Å². The van der Waals surface area contributed by atoms with Gasteiger partial charge in [0.2, 0.25) is 0 Å². The van der Waals surface area contributed by atoms with E-state index in [9.17, 15) is 5.11 Å². The lowest BCUT2D eigenvalue weighted by atomic mass is 10.1. The molecule has 0 aromatic heterocycles. The van der Waals surface area contributed by atoms with Crippen molar-refractivity contribution in [3.05, 3.63) is 22.2 Å². The number of aliphatic hydroxyl groups excluding tert-OH is 1. The molecule has 4 nitrogen and oxygen atoms in total. The minimum absolute atomic E-state index is 0.0616. The molecule has 1 aromatic carbocycles. The fourth-order valence-electron chi connectivity index (χ4n) is 1.53. The number of hydrogen-bond donors (Lipinski definition) is 1. The molecule has 0 amide bonds. The van der Waals surface area contributed by atoms with Gasteiger partial charge in [-0.15, -0.1) is 0 Å². The highest BCUT2D eigenvalue weighted by molar-refractivity contribution is 9.10. The molecule has 5 heteroatoms. The second-order valence-electron chi connectivity index (χ2n) is 3.40. The summed E-state index contributed by atoms with van der Waals surface area (Å²) in [6, 6.07) is 5.38. The van der Waals surface area contributed by atoms with E-state index >= 15 is 0 Å². The zero-order valence-electron chi connectivity index (χ0n) is 8.44. The Bertz CT molecular complexity index is 442. The third-order valence-corrected chi connectivity index (χ3v) is 2.88. The number of fused-ring (bicyclic) bond motifs is 1. The van der Waals surface area contributed by atoms with Gasteiger partial charge in [0, 0.05) is 0 Å². The smallest absolute Gasteiger partial charge is 0.175 e. The van der Waals surface area contributed by atoms with Gasteiger partial charge in [-0.3, -0.25) is 0 Å². The van der Waals surface area contributed by atoms with Crippen molar-refractivity contribution >= 4 is 15.9 Å². The third-order valence-electron chi connectivity index (χ3n) is 2.29. The highest BCUT2D eigenvalue weighted by Gasteiger charge is 2.18. The van der Waals surface area contributed by atoms with E-state index in [1.54, 1.807) is 12.1 Å². The lowest BCUT2D eigenvalue weighted by molar-refractivity contribution is 0.165. The summed E-state index contributed by atoms with van der Waals surface area (Å²) in [5, 5.41) is 18.2. The minimum Gasteiger partial charge on any atom is -0.486 e. The molecule has 1 atom stereocenters. The number of benzene rings is 1. The van der Waals surface area contributed by atoms with Crippen molar-refractivity contribution < 1.29 is 14.6 Å². The van der Waals surface area contributed by atoms with Gasteiger partial charge in [-0.05, 0) is 33.6 Å². The lowest BCUT2D eigenvalue weighted by Gasteiger charge is -2.21. The zero-order valence-corrected chi connectivity index (χ0v) is 10.0. The van der Waals surface area contributed by atoms with E-state index in [1.807, 2.05) is 6.07 Å². The van der Waals surface area contributed by atoms with Gasteiger partial charge in [-0.1, -0.05) is 0 Å². The molecule has 0 saturated heterocycles. The average molecular weight is 284 g/mol. The zero-order chi connectivity index (χ0) is 11.5. The van der Waals surface area contributed by atoms with Crippen molar-refractivity contribution in [1.82, 2.24) is 0 Å². The predicted molar refractivity (Wildman–Crippen MR) is 60.3 cm³/mol. The maximum absolute atomic E-state index is 9.71. The standard InChI is InChI=1S/C11H10BrNO3/c12-8-5-7(9(14)1-2-13)6-10-11(8)16-4-3-15-10/h5-6,9,14H,1,3-4H2. The molecule has 16 heavy (non-hydrogen) atoms. The summed E-state index contributed by atoms with van der Waals surface area (Å²) in [7, 11) is 0. The van der Waals surface area contributed by atoms with E-state index in [-0.39, 0.29) is 6.42 Å². The molecule has 1 heterocycles. The third kappa shape index (κ3) is 2.13. The SMILES string of the molecule is N#CCC(O)c1cc(Br)c2c(c1)OCCO2. The molecule has 1 unspecified atom stereocenters. The molecule has 0 spiro atoms. The van der Waals surface area contributed by atoms with E-state index in [1.165, 1.54) is 0 Å². The Hall–Kier alpha value is -1.25. The summed E-state index contributed by atoms with van der Waals surface area (Å²) in [5.41, 5.74) is 0.651. The summed E-state index contributed by atoms with van der Waals surface area (Å²) >= 11 is 3.35. The van der Waals surface area contributed by atoms with E-state index in [2.05, 4.69) is 15.9 Å². The van der Waals surface area contributed by atoms with Gasteiger partial charge < -0.3 is 14.6 Å². The molecule has 1 N–H and O–H groups in total. The second-order valence-corrected chi connectivity index (χ2v) is 4.26. The van der Waals surface area contributed by atoms with Crippen LogP contribution in [0.15, 0.2) is 16.6 Å². The molecule has 1 aliphatic heterocycles. The van der Waals surface area contributed by atoms with Crippen molar-refractivity contribution in [3.8, 4) is 17.6 Å². The Morgan fingerprint density at radius 1 is 1.44 bits per heavy atom. The van der Waals surface area contributed by atoms with E-state index < -0.39 is 6.10 Å². The molecule has 0 aliphatic carbocycles. The van der Waals surface area contributed by atoms with Crippen LogP contribution in [0.3, 0.4) is 0 Å². The normalized spacial score (nSPS) is 15.3. The van der Waals surface area contributed by atoms with Crippen molar-refractivity contribution in [2.45, 2.75) is 12.5 Å². The largest absolute Gasteiger partial charge is 0.486 e. The molecule has 2 rings (SSSR count). The average Bonchev–Trinajstić information content (AvgIpc) is 2.29. The number of nitrogens with zero attached hydrogens (tertiary/aromatic N) is 1. The van der Waals surface area contributed by atoms with Crippen molar-refractivity contribution in [2.24, 2.45) is 0 Å². The van der Waals surface area contributed by atoms with Crippen LogP contribution >= 0.6 is 15.9 Å². The second kappa shape index (κ2) is 4.73. The summed E-state index contributed by atoms with van der Waals surface area (Å²) < 4.78 is 11.6. The first-order valence-electron chi connectivity index (χ1n) is 4.86. The first kappa shape index (κ1) is 11.2. The summed E-state index contributed by atoms with van der Waals surface area (Å²) in [6.07, 6.45) is -0.733. The van der Waals surface area contributed by atoms with Crippen LogP contribution in [-0.4, -0.2) is 18.3 Å². The lowest BCUT2D eigenvalue weighted by Crippen LogP contribution is -2.16. The van der Waals surface area contributed by atoms with E-state index in [0.717, 1.165) is 4.47 Å². The molecule has 0 bridgehead atoms. The van der Waals surface area contributed by atoms with Crippen LogP contribution in [0.5, 0.6) is 11.5 Å². The summed E-state index contributed by atoms with van der Waals surface area (Å²) in [6.45, 7) is 1.02. The van der Waals surface area contributed by atoms with Gasteiger partial charge >= 0.3 is 0 Å². The Kier molecular flexibility index (Phi) is 3.32. The number of ether oxygens (including phenoxy) is 2. The van der Waals surface area contributed by atoms with Crippen molar-refractivity contribution in [3.63, 3.8) is 0 Å². The van der Waals surface area contributed by atoms with Gasteiger partial charge in [0.15, 0.2) is 11.5 Å². The first-order valence-corrected chi connectivity index (χ1v) is 5.65. The topological polar surface area (TPSA) is 62.5 Å². The number of halogens is 1. The molecule has 84 valence electrons. The number of rotatable bonds is 2. The molecule has 0 radical (unpaired) electrons. The molecule has 1 aliphatic rings. The Labute approximate surface area is 102 Å². The quantitative estimate of drug-likeness (QED) is 0.904. The molecule has 0 fully saturated rings. The van der Waals surface area contributed by atoms with Crippen LogP contribution in [0, 0.1) is 11.3 Å². The fraction of sp³-hybridized carbons (Fsp3) is 0.364. The van der Waals surface area contributed by atoms with Crippen molar-refractivity contribution in [2.75, 3.05) is 13.2 Å². The van der Waals surface area contributed by atoms with E-state index in [0.29, 0.717) is 30.3 Å². The van der Waals surface area contributed by atoms with Gasteiger partial charge in [0.25, 0.3) is 0 Å². The molecular formula is C11H10BrNO3. The maximum atomic E-state index is 9.71. The number of hydrogen-bond acceptors (Lipinski definition) is 4. The van der Waals surface area contributed by atoms with Gasteiger partial charge in [0.05, 0.1) is 23.1 Å². The minimum atomic E-state index is -0.794. The number of nitriles is 1. The predicted octanol–water partition coefficient (Wildman–Crippen LogP) is 2.17. The van der Waals surface area contributed by atoms with Gasteiger partial charge in [-0.2, -0.15) is 5.26 Å². The molecule has 0 saturated carbocycles. The molecular weight excluding hydrogens is 274 g/mol. The number of aliphatic hydroxyl groups is 1. The first-order chi connectivity index (χ1) is 7.72. The summed E-state index contributed by atoms with van der Waals surface area (Å²) in [5.74, 6) is 1.26. The summed E-state index contributed by atoms with van der Waals surface area (Å²) in [4.78, 5) is 0. The maximum Gasteiger partial charge on any atom is 0.175 e. The van der Waals surface area contributed by atoms with Gasteiger partial charge in [0.1, 0.15) is 13.2 Å².